The monoisotopic (exact) mass is 858 g/mol. The van der Waals surface area contributed by atoms with Crippen LogP contribution in [0, 0.1) is 41.5 Å². The number of anilines is 2. The minimum absolute atomic E-state index is 0.346. The summed E-state index contributed by atoms with van der Waals surface area (Å²) in [6.45, 7) is 14.3. The first-order valence-corrected chi connectivity index (χ1v) is 27.0. The van der Waals surface area contributed by atoms with Crippen molar-refractivity contribution >= 4 is 49.2 Å². The third kappa shape index (κ3) is 8.98. The van der Waals surface area contributed by atoms with Gasteiger partial charge in [-0.25, -0.2) is 0 Å². The Labute approximate surface area is 338 Å². The fourth-order valence-electron chi connectivity index (χ4n) is 11.1. The van der Waals surface area contributed by atoms with E-state index < -0.39 is 6.89 Å². The van der Waals surface area contributed by atoms with Gasteiger partial charge in [-0.3, -0.25) is 0 Å². The average molecular weight is 859 g/mol. The van der Waals surface area contributed by atoms with Crippen molar-refractivity contribution < 1.29 is 15.1 Å². The molecule has 3 aromatic rings. The van der Waals surface area contributed by atoms with Crippen molar-refractivity contribution in [2.24, 2.45) is 0 Å². The number of benzene rings is 3. The van der Waals surface area contributed by atoms with E-state index >= 15 is 0 Å². The normalized spacial score (nSPS) is 20.3. The van der Waals surface area contributed by atoms with Gasteiger partial charge in [0, 0.05) is 30.1 Å². The third-order valence-corrected chi connectivity index (χ3v) is 18.5. The van der Waals surface area contributed by atoms with E-state index in [1.807, 2.05) is 0 Å². The predicted molar refractivity (Wildman–Crippen MR) is 234 cm³/mol. The van der Waals surface area contributed by atoms with E-state index in [9.17, 15) is 0 Å². The molecule has 0 aromatic heterocycles. The van der Waals surface area contributed by atoms with Crippen LogP contribution in [0.2, 0.25) is 0 Å². The third-order valence-electron chi connectivity index (χ3n) is 12.9. The van der Waals surface area contributed by atoms with Gasteiger partial charge in [0.05, 0.1) is 0 Å². The molecule has 0 radical (unpaired) electrons. The zero-order valence-corrected chi connectivity index (χ0v) is 37.4. The van der Waals surface area contributed by atoms with Crippen molar-refractivity contribution in [3.05, 3.63) is 105 Å². The molecule has 1 aliphatic heterocycles. The second-order valence-corrected chi connectivity index (χ2v) is 23.2. The SMILES string of the molecule is Cc1cc(C)c(N2CCN(c3c(C)cc(C)cc3C)C2=C2CCCCC2P(=C=Cc2ccccc2)(C2CCCCC2)C2CCCCC2)c(C)c1.[Cl][Ru][Cl]. The first kappa shape index (κ1) is 40.9. The van der Waals surface area contributed by atoms with Gasteiger partial charge in [-0.05, 0) is 137 Å². The molecule has 0 N–H and O–H groups in total. The molecule has 3 aromatic carbocycles. The van der Waals surface area contributed by atoms with Gasteiger partial charge >= 0.3 is 34.5 Å². The molecule has 2 nitrogen and oxygen atoms in total. The maximum atomic E-state index is 4.85. The van der Waals surface area contributed by atoms with Crippen LogP contribution in [0.3, 0.4) is 0 Å². The van der Waals surface area contributed by atoms with Crippen molar-refractivity contribution in [2.45, 2.75) is 148 Å². The van der Waals surface area contributed by atoms with Gasteiger partial charge in [-0.1, -0.05) is 118 Å². The Morgan fingerprint density at radius 1 is 0.623 bits per heavy atom. The van der Waals surface area contributed by atoms with Crippen LogP contribution in [0.5, 0.6) is 0 Å². The van der Waals surface area contributed by atoms with Gasteiger partial charge in [0.15, 0.2) is 0 Å². The van der Waals surface area contributed by atoms with Crippen molar-refractivity contribution in [3.63, 3.8) is 0 Å². The summed E-state index contributed by atoms with van der Waals surface area (Å²) >= 11 is -0.346. The second kappa shape index (κ2) is 18.9. The van der Waals surface area contributed by atoms with Gasteiger partial charge in [0.1, 0.15) is 5.82 Å². The van der Waals surface area contributed by atoms with E-state index in [-0.39, 0.29) is 15.1 Å². The summed E-state index contributed by atoms with van der Waals surface area (Å²) in [5.74, 6) is 1.55. The quantitative estimate of drug-likeness (QED) is 0.180. The number of aryl methyl sites for hydroxylation is 6. The van der Waals surface area contributed by atoms with E-state index in [2.05, 4.69) is 117 Å². The molecule has 6 heteroatoms. The van der Waals surface area contributed by atoms with Crippen LogP contribution in [-0.2, 0) is 15.1 Å². The molecule has 0 spiro atoms. The van der Waals surface area contributed by atoms with Gasteiger partial charge in [-0.15, -0.1) is 5.45 Å². The minimum atomic E-state index is -1.71. The van der Waals surface area contributed by atoms with Gasteiger partial charge in [-0.2, -0.15) is 0 Å². The molecular weight excluding hydrogens is 795 g/mol. The molecule has 3 saturated carbocycles. The number of allylic oxidation sites excluding steroid dienone is 1. The van der Waals surface area contributed by atoms with Crippen molar-refractivity contribution in [1.29, 1.82) is 0 Å². The Balaban J connectivity index is 0.00000155. The molecule has 1 atom stereocenters. The van der Waals surface area contributed by atoms with Crippen LogP contribution in [0.15, 0.2) is 66.0 Å². The summed E-state index contributed by atoms with van der Waals surface area (Å²) in [5, 5.41) is 0. The van der Waals surface area contributed by atoms with E-state index in [1.165, 1.54) is 140 Å². The molecule has 4 fully saturated rings. The molecule has 3 aliphatic carbocycles. The molecule has 0 bridgehead atoms. The molecule has 7 rings (SSSR count). The van der Waals surface area contributed by atoms with Crippen molar-refractivity contribution in [2.75, 3.05) is 22.9 Å². The number of halogens is 2. The fourth-order valence-corrected chi connectivity index (χ4v) is 17.5. The zero-order chi connectivity index (χ0) is 37.5. The fraction of sp³-hybridized carbons (Fsp3) is 0.532. The molecular formula is C47H63Cl2N2PRu. The van der Waals surface area contributed by atoms with E-state index in [0.717, 1.165) is 24.4 Å². The average Bonchev–Trinajstić information content (AvgIpc) is 3.56. The summed E-state index contributed by atoms with van der Waals surface area (Å²) in [7, 11) is 9.71. The second-order valence-electron chi connectivity index (χ2n) is 16.6. The summed E-state index contributed by atoms with van der Waals surface area (Å²) in [6.07, 6.45) is 21.9. The summed E-state index contributed by atoms with van der Waals surface area (Å²) in [5.41, 5.74) is 21.3. The van der Waals surface area contributed by atoms with Gasteiger partial charge in [0.2, 0.25) is 0 Å². The first-order chi connectivity index (χ1) is 25.7. The number of hydrogen-bond donors (Lipinski definition) is 0. The molecule has 4 aliphatic rings. The Hall–Kier alpha value is -1.72. The summed E-state index contributed by atoms with van der Waals surface area (Å²) in [4.78, 5) is 5.63. The van der Waals surface area contributed by atoms with Crippen LogP contribution in [0.25, 0.3) is 6.08 Å². The van der Waals surface area contributed by atoms with Crippen LogP contribution in [0.1, 0.15) is 129 Å². The van der Waals surface area contributed by atoms with E-state index in [0.29, 0.717) is 5.66 Å². The van der Waals surface area contributed by atoms with Crippen molar-refractivity contribution in [3.8, 4) is 0 Å². The predicted octanol–water partition coefficient (Wildman–Crippen LogP) is 14.2. The molecule has 1 unspecified atom stereocenters. The van der Waals surface area contributed by atoms with Crippen LogP contribution >= 0.6 is 26.3 Å². The Kier molecular flexibility index (Phi) is 14.6. The molecule has 0 amide bonds. The number of rotatable bonds is 6. The topological polar surface area (TPSA) is 6.48 Å². The van der Waals surface area contributed by atoms with Crippen LogP contribution < -0.4 is 9.80 Å². The maximum absolute atomic E-state index is 4.85. The molecule has 1 heterocycles. The van der Waals surface area contributed by atoms with Crippen LogP contribution in [0.4, 0.5) is 11.4 Å². The van der Waals surface area contributed by atoms with E-state index in [4.69, 9.17) is 19.4 Å². The van der Waals surface area contributed by atoms with Gasteiger partial charge in [0.25, 0.3) is 0 Å². The summed E-state index contributed by atoms with van der Waals surface area (Å²) < 4.78 is 0. The molecule has 288 valence electrons. The number of nitrogens with zero attached hydrogens (tertiary/aromatic N) is 2. The van der Waals surface area contributed by atoms with Crippen molar-refractivity contribution in [1.82, 2.24) is 0 Å². The first-order valence-electron chi connectivity index (χ1n) is 20.5. The van der Waals surface area contributed by atoms with Crippen LogP contribution in [-0.4, -0.2) is 35.5 Å². The standard InChI is InChI=1S/C47H63N2P.2ClH.Ru/c1-34-30-36(3)45(37(4)31-34)48-27-28-49(46-38(5)32-35(2)33-39(46)6)47(48)43-24-16-17-25-44(43)50(41-20-12-8-13-21-41,42-22-14-9-15-23-42)29-26-40-18-10-7-11-19-40;;;/h7,10-11,18-19,26,30-33,41-42,44H,8-9,12-17,20-25,27-28H2,1-6H3;2*1H;/q;;;+2/p-2. The Morgan fingerprint density at radius 2 is 1.06 bits per heavy atom. The molecule has 53 heavy (non-hydrogen) atoms. The zero-order valence-electron chi connectivity index (χ0n) is 33.3. The van der Waals surface area contributed by atoms with Gasteiger partial charge < -0.3 is 9.80 Å². The summed E-state index contributed by atoms with van der Waals surface area (Å²) in [6, 6.07) is 20.9. The Bertz CT molecular complexity index is 1700. The number of hydrogen-bond acceptors (Lipinski definition) is 2. The Morgan fingerprint density at radius 3 is 1.51 bits per heavy atom. The van der Waals surface area contributed by atoms with E-state index in [1.54, 1.807) is 11.4 Å². The molecule has 1 saturated heterocycles.